The molecule has 1 atom stereocenters. The zero-order chi connectivity index (χ0) is 15.4. The molecule has 2 N–H and O–H groups in total. The summed E-state index contributed by atoms with van der Waals surface area (Å²) in [6, 6.07) is 7.66. The molecule has 1 aliphatic carbocycles. The zero-order valence-electron chi connectivity index (χ0n) is 12.5. The van der Waals surface area contributed by atoms with Crippen molar-refractivity contribution in [1.29, 1.82) is 0 Å². The number of nitrogens with zero attached hydrogens (tertiary/aromatic N) is 1. The molecular weight excluding hydrogens is 278 g/mol. The van der Waals surface area contributed by atoms with Crippen LogP contribution in [-0.4, -0.2) is 29.9 Å². The first-order chi connectivity index (χ1) is 10.7. The summed E-state index contributed by atoms with van der Waals surface area (Å²) >= 11 is 0. The molecule has 1 heterocycles. The van der Waals surface area contributed by atoms with Crippen molar-refractivity contribution in [1.82, 2.24) is 10.2 Å². The second-order valence-corrected chi connectivity index (χ2v) is 5.78. The van der Waals surface area contributed by atoms with Gasteiger partial charge in [-0.1, -0.05) is 30.4 Å². The monoisotopic (exact) mass is 299 g/mol. The Morgan fingerprint density at radius 2 is 2.18 bits per heavy atom. The quantitative estimate of drug-likeness (QED) is 0.839. The van der Waals surface area contributed by atoms with Gasteiger partial charge in [-0.2, -0.15) is 0 Å². The maximum atomic E-state index is 12.4. The third-order valence-electron chi connectivity index (χ3n) is 4.22. The third-order valence-corrected chi connectivity index (χ3v) is 4.22. The number of carbonyl (C=O) groups is 2. The lowest BCUT2D eigenvalue weighted by Crippen LogP contribution is -2.29. The number of para-hydroxylation sites is 1. The van der Waals surface area contributed by atoms with E-state index in [0.29, 0.717) is 19.6 Å². The van der Waals surface area contributed by atoms with Gasteiger partial charge in [-0.3, -0.25) is 4.79 Å². The fourth-order valence-electron chi connectivity index (χ4n) is 2.91. The number of allylic oxidation sites excluding steroid dienone is 2. The number of hydrogen-bond acceptors (Lipinski definition) is 2. The van der Waals surface area contributed by atoms with Gasteiger partial charge in [-0.15, -0.1) is 0 Å². The molecule has 0 bridgehead atoms. The summed E-state index contributed by atoms with van der Waals surface area (Å²) in [7, 11) is 0. The van der Waals surface area contributed by atoms with Gasteiger partial charge >= 0.3 is 6.03 Å². The average Bonchev–Trinajstić information content (AvgIpc) is 2.95. The molecule has 5 nitrogen and oxygen atoms in total. The van der Waals surface area contributed by atoms with Crippen molar-refractivity contribution in [2.75, 3.05) is 18.4 Å². The normalized spacial score (nSPS) is 20.8. The van der Waals surface area contributed by atoms with Crippen LogP contribution < -0.4 is 10.6 Å². The second-order valence-electron chi connectivity index (χ2n) is 5.78. The number of hydrogen-bond donors (Lipinski definition) is 2. The molecule has 0 aromatic heterocycles. The van der Waals surface area contributed by atoms with E-state index >= 15 is 0 Å². The standard InChI is InChI=1S/C17H21N3O2/c21-16(13-6-2-1-3-7-13)19-15-9-5-4-8-14(15)12-20-11-10-18-17(20)22/h1-2,4-5,8-9,13H,3,6-7,10-12H2,(H,18,22)(H,19,21). The molecular formula is C17H21N3O2. The summed E-state index contributed by atoms with van der Waals surface area (Å²) < 4.78 is 0. The summed E-state index contributed by atoms with van der Waals surface area (Å²) in [5.74, 6) is 0.121. The molecule has 3 rings (SSSR count). The smallest absolute Gasteiger partial charge is 0.317 e. The molecule has 1 aliphatic heterocycles. The van der Waals surface area contributed by atoms with E-state index in [-0.39, 0.29) is 17.9 Å². The number of urea groups is 1. The maximum absolute atomic E-state index is 12.4. The Labute approximate surface area is 130 Å². The van der Waals surface area contributed by atoms with Crippen molar-refractivity contribution in [2.24, 2.45) is 5.92 Å². The number of carbonyl (C=O) groups excluding carboxylic acids is 2. The molecule has 22 heavy (non-hydrogen) atoms. The number of benzene rings is 1. The maximum Gasteiger partial charge on any atom is 0.317 e. The van der Waals surface area contributed by atoms with E-state index in [0.717, 1.165) is 30.5 Å². The fourth-order valence-corrected chi connectivity index (χ4v) is 2.91. The first-order valence-corrected chi connectivity index (χ1v) is 7.80. The highest BCUT2D eigenvalue weighted by Gasteiger charge is 2.22. The Morgan fingerprint density at radius 3 is 2.91 bits per heavy atom. The summed E-state index contributed by atoms with van der Waals surface area (Å²) in [6.45, 7) is 1.91. The Bertz CT molecular complexity index is 597. The zero-order valence-corrected chi connectivity index (χ0v) is 12.5. The van der Waals surface area contributed by atoms with Crippen LogP contribution >= 0.6 is 0 Å². The Hall–Kier alpha value is -2.30. The van der Waals surface area contributed by atoms with E-state index in [4.69, 9.17) is 0 Å². The van der Waals surface area contributed by atoms with Gasteiger partial charge in [0.2, 0.25) is 5.91 Å². The Kier molecular flexibility index (Phi) is 4.42. The summed E-state index contributed by atoms with van der Waals surface area (Å²) in [6.07, 6.45) is 6.88. The van der Waals surface area contributed by atoms with Crippen LogP contribution in [0.2, 0.25) is 0 Å². The Morgan fingerprint density at radius 1 is 1.32 bits per heavy atom. The molecule has 1 saturated heterocycles. The first kappa shape index (κ1) is 14.6. The highest BCUT2D eigenvalue weighted by Crippen LogP contribution is 2.23. The van der Waals surface area contributed by atoms with Gasteiger partial charge in [0.05, 0.1) is 0 Å². The number of amides is 3. The van der Waals surface area contributed by atoms with Crippen molar-refractivity contribution >= 4 is 17.6 Å². The van der Waals surface area contributed by atoms with Gasteiger partial charge in [-0.25, -0.2) is 4.79 Å². The van der Waals surface area contributed by atoms with Gasteiger partial charge in [0, 0.05) is 31.2 Å². The van der Waals surface area contributed by atoms with Crippen LogP contribution in [0, 0.1) is 5.92 Å². The molecule has 116 valence electrons. The summed E-state index contributed by atoms with van der Waals surface area (Å²) in [5.41, 5.74) is 1.78. The minimum atomic E-state index is -0.0430. The lowest BCUT2D eigenvalue weighted by Gasteiger charge is -2.20. The summed E-state index contributed by atoms with van der Waals surface area (Å²) in [4.78, 5) is 25.8. The Balaban J connectivity index is 1.69. The van der Waals surface area contributed by atoms with E-state index in [2.05, 4.69) is 22.8 Å². The second kappa shape index (κ2) is 6.64. The van der Waals surface area contributed by atoms with Crippen molar-refractivity contribution in [3.63, 3.8) is 0 Å². The van der Waals surface area contributed by atoms with E-state index in [1.54, 1.807) is 4.90 Å². The molecule has 5 heteroatoms. The van der Waals surface area contributed by atoms with Crippen molar-refractivity contribution in [3.05, 3.63) is 42.0 Å². The minimum Gasteiger partial charge on any atom is -0.336 e. The van der Waals surface area contributed by atoms with E-state index in [9.17, 15) is 9.59 Å². The number of anilines is 1. The van der Waals surface area contributed by atoms with Crippen LogP contribution in [0.15, 0.2) is 36.4 Å². The molecule has 0 radical (unpaired) electrons. The van der Waals surface area contributed by atoms with Crippen LogP contribution in [0.1, 0.15) is 24.8 Å². The largest absolute Gasteiger partial charge is 0.336 e. The number of nitrogens with one attached hydrogen (secondary N) is 2. The third kappa shape index (κ3) is 3.30. The topological polar surface area (TPSA) is 61.4 Å². The van der Waals surface area contributed by atoms with Gasteiger partial charge in [-0.05, 0) is 30.9 Å². The van der Waals surface area contributed by atoms with E-state index in [1.807, 2.05) is 24.3 Å². The lowest BCUT2D eigenvalue weighted by atomic mass is 9.93. The number of rotatable bonds is 4. The molecule has 1 aromatic carbocycles. The van der Waals surface area contributed by atoms with E-state index < -0.39 is 0 Å². The van der Waals surface area contributed by atoms with Gasteiger partial charge in [0.1, 0.15) is 0 Å². The lowest BCUT2D eigenvalue weighted by molar-refractivity contribution is -0.120. The van der Waals surface area contributed by atoms with Gasteiger partial charge < -0.3 is 15.5 Å². The van der Waals surface area contributed by atoms with Crippen molar-refractivity contribution < 1.29 is 9.59 Å². The highest BCUT2D eigenvalue weighted by molar-refractivity contribution is 5.93. The van der Waals surface area contributed by atoms with Gasteiger partial charge in [0.25, 0.3) is 0 Å². The predicted molar refractivity (Wildman–Crippen MR) is 85.4 cm³/mol. The average molecular weight is 299 g/mol. The van der Waals surface area contributed by atoms with Crippen LogP contribution in [0.25, 0.3) is 0 Å². The van der Waals surface area contributed by atoms with Crippen LogP contribution in [0.3, 0.4) is 0 Å². The predicted octanol–water partition coefficient (Wildman–Crippen LogP) is 2.51. The minimum absolute atomic E-state index is 0.0430. The molecule has 1 aromatic rings. The molecule has 1 fully saturated rings. The molecule has 0 spiro atoms. The van der Waals surface area contributed by atoms with Crippen LogP contribution in [0.5, 0.6) is 0 Å². The molecule has 1 unspecified atom stereocenters. The molecule has 0 saturated carbocycles. The first-order valence-electron chi connectivity index (χ1n) is 7.80. The highest BCUT2D eigenvalue weighted by atomic mass is 16.2. The van der Waals surface area contributed by atoms with E-state index in [1.165, 1.54) is 0 Å². The molecule has 2 aliphatic rings. The van der Waals surface area contributed by atoms with Crippen molar-refractivity contribution in [3.8, 4) is 0 Å². The SMILES string of the molecule is O=C(Nc1ccccc1CN1CCNC1=O)C1CC=CCC1. The van der Waals surface area contributed by atoms with Gasteiger partial charge in [0.15, 0.2) is 0 Å². The van der Waals surface area contributed by atoms with Crippen LogP contribution in [0.4, 0.5) is 10.5 Å². The molecule has 3 amide bonds. The fraction of sp³-hybridized carbons (Fsp3) is 0.412. The summed E-state index contributed by atoms with van der Waals surface area (Å²) in [5, 5.41) is 5.83. The van der Waals surface area contributed by atoms with Crippen LogP contribution in [-0.2, 0) is 11.3 Å². The van der Waals surface area contributed by atoms with Crippen molar-refractivity contribution in [2.45, 2.75) is 25.8 Å².